The zero-order valence-corrected chi connectivity index (χ0v) is 8.05. The highest BCUT2D eigenvalue weighted by Gasteiger charge is 2.39. The highest BCUT2D eigenvalue weighted by molar-refractivity contribution is 5.82. The maximum absolute atomic E-state index is 12.4. The van der Waals surface area contributed by atoms with Gasteiger partial charge in [-0.25, -0.2) is 0 Å². The van der Waals surface area contributed by atoms with Crippen LogP contribution in [0.25, 0.3) is 10.9 Å². The average Bonchev–Trinajstić information content (AvgIpc) is 2.60. The highest BCUT2D eigenvalue weighted by atomic mass is 19.4. The van der Waals surface area contributed by atoms with E-state index in [0.717, 1.165) is 0 Å². The van der Waals surface area contributed by atoms with E-state index in [1.807, 2.05) is 0 Å². The fourth-order valence-corrected chi connectivity index (χ4v) is 1.53. The molecule has 4 N–H and O–H groups in total. The van der Waals surface area contributed by atoms with Crippen molar-refractivity contribution in [1.29, 1.82) is 0 Å². The van der Waals surface area contributed by atoms with Crippen LogP contribution in [-0.2, 0) is 0 Å². The molecule has 86 valence electrons. The van der Waals surface area contributed by atoms with Gasteiger partial charge in [0.25, 0.3) is 0 Å². The van der Waals surface area contributed by atoms with Gasteiger partial charge in [0.1, 0.15) is 11.8 Å². The number of benzene rings is 1. The van der Waals surface area contributed by atoms with Gasteiger partial charge in [-0.2, -0.15) is 13.2 Å². The molecule has 1 aromatic carbocycles. The van der Waals surface area contributed by atoms with Crippen LogP contribution in [0.4, 0.5) is 13.2 Å². The number of alkyl halides is 3. The molecule has 0 aliphatic carbocycles. The summed E-state index contributed by atoms with van der Waals surface area (Å²) in [6, 6.07) is 1.94. The van der Waals surface area contributed by atoms with Gasteiger partial charge < -0.3 is 15.8 Å². The summed E-state index contributed by atoms with van der Waals surface area (Å²) in [7, 11) is 0. The van der Waals surface area contributed by atoms with E-state index in [1.165, 1.54) is 12.1 Å². The maximum Gasteiger partial charge on any atom is 0.407 e. The molecule has 0 aliphatic heterocycles. The lowest BCUT2D eigenvalue weighted by atomic mass is 10.0. The number of aromatic amines is 1. The summed E-state index contributed by atoms with van der Waals surface area (Å²) in [6.45, 7) is 0. The Kier molecular flexibility index (Phi) is 2.31. The summed E-state index contributed by atoms with van der Waals surface area (Å²) in [4.78, 5) is 2.76. The number of aromatic nitrogens is 1. The molecule has 0 bridgehead atoms. The minimum absolute atomic E-state index is 0.331. The number of aromatic hydroxyl groups is 1. The number of phenols is 1. The van der Waals surface area contributed by atoms with Crippen molar-refractivity contribution in [1.82, 2.24) is 4.98 Å². The van der Waals surface area contributed by atoms with Gasteiger partial charge in [-0.3, -0.25) is 0 Å². The van der Waals surface area contributed by atoms with Gasteiger partial charge in [0.2, 0.25) is 0 Å². The van der Waals surface area contributed by atoms with Gasteiger partial charge in [-0.1, -0.05) is 0 Å². The summed E-state index contributed by atoms with van der Waals surface area (Å²) < 4.78 is 37.2. The molecule has 0 saturated heterocycles. The normalized spacial score (nSPS) is 14.2. The van der Waals surface area contributed by atoms with E-state index < -0.39 is 18.0 Å². The van der Waals surface area contributed by atoms with Crippen molar-refractivity contribution in [2.45, 2.75) is 12.2 Å². The number of nitrogens with two attached hydrogens (primary N) is 1. The lowest BCUT2D eigenvalue weighted by Gasteiger charge is -2.17. The summed E-state index contributed by atoms with van der Waals surface area (Å²) >= 11 is 0. The lowest BCUT2D eigenvalue weighted by Crippen LogP contribution is -2.28. The number of H-pyrrole nitrogens is 1. The first-order valence-corrected chi connectivity index (χ1v) is 4.52. The molecule has 16 heavy (non-hydrogen) atoms. The minimum Gasteiger partial charge on any atom is -0.508 e. The van der Waals surface area contributed by atoms with Crippen LogP contribution in [-0.4, -0.2) is 16.3 Å². The zero-order valence-electron chi connectivity index (χ0n) is 8.05. The van der Waals surface area contributed by atoms with E-state index >= 15 is 0 Å². The van der Waals surface area contributed by atoms with Gasteiger partial charge in [-0.05, 0) is 18.2 Å². The summed E-state index contributed by atoms with van der Waals surface area (Å²) in [5.74, 6) is -0.447. The highest BCUT2D eigenvalue weighted by Crippen LogP contribution is 2.36. The Balaban J connectivity index is 2.55. The molecule has 0 aliphatic rings. The zero-order chi connectivity index (χ0) is 11.9. The Labute approximate surface area is 88.7 Å². The predicted molar refractivity (Wildman–Crippen MR) is 52.9 cm³/mol. The summed E-state index contributed by atoms with van der Waals surface area (Å²) in [6.07, 6.45) is -3.00. The SMILES string of the molecule is N[C@@H](c1cc2[nH]ccc2cc1O)C(F)(F)F. The molecule has 1 aromatic heterocycles. The van der Waals surface area contributed by atoms with Crippen LogP contribution in [0.3, 0.4) is 0 Å². The van der Waals surface area contributed by atoms with Crippen LogP contribution in [0.5, 0.6) is 5.75 Å². The van der Waals surface area contributed by atoms with Gasteiger partial charge in [-0.15, -0.1) is 0 Å². The van der Waals surface area contributed by atoms with Crippen molar-refractivity contribution in [3.05, 3.63) is 30.0 Å². The molecule has 2 rings (SSSR count). The molecule has 1 heterocycles. The summed E-state index contributed by atoms with van der Waals surface area (Å²) in [5.41, 5.74) is 5.21. The van der Waals surface area contributed by atoms with Gasteiger partial charge in [0.15, 0.2) is 0 Å². The number of phenolic OH excluding ortho intramolecular Hbond substituents is 1. The van der Waals surface area contributed by atoms with E-state index in [4.69, 9.17) is 5.73 Å². The summed E-state index contributed by atoms with van der Waals surface area (Å²) in [5, 5.41) is 10.1. The third kappa shape index (κ3) is 1.71. The van der Waals surface area contributed by atoms with Gasteiger partial charge in [0, 0.05) is 22.7 Å². The number of rotatable bonds is 1. The number of hydrogen-bond donors (Lipinski definition) is 3. The van der Waals surface area contributed by atoms with E-state index in [-0.39, 0.29) is 5.56 Å². The largest absolute Gasteiger partial charge is 0.508 e. The number of nitrogens with one attached hydrogen (secondary N) is 1. The molecule has 0 spiro atoms. The van der Waals surface area contributed by atoms with Crippen molar-refractivity contribution in [2.24, 2.45) is 5.73 Å². The first-order valence-electron chi connectivity index (χ1n) is 4.52. The Hall–Kier alpha value is -1.69. The Morgan fingerprint density at radius 2 is 2.00 bits per heavy atom. The van der Waals surface area contributed by atoms with E-state index in [0.29, 0.717) is 10.9 Å². The third-order valence-electron chi connectivity index (χ3n) is 2.39. The molecule has 0 saturated carbocycles. The number of fused-ring (bicyclic) bond motifs is 1. The Morgan fingerprint density at radius 3 is 2.62 bits per heavy atom. The van der Waals surface area contributed by atoms with Crippen molar-refractivity contribution < 1.29 is 18.3 Å². The monoisotopic (exact) mass is 230 g/mol. The first kappa shape index (κ1) is 10.8. The molecule has 0 unspecified atom stereocenters. The molecule has 6 heteroatoms. The maximum atomic E-state index is 12.4. The van der Waals surface area contributed by atoms with Crippen molar-refractivity contribution in [3.8, 4) is 5.75 Å². The van der Waals surface area contributed by atoms with Crippen molar-refractivity contribution in [3.63, 3.8) is 0 Å². The van der Waals surface area contributed by atoms with E-state index in [1.54, 1.807) is 12.3 Å². The second kappa shape index (κ2) is 3.41. The van der Waals surface area contributed by atoms with Crippen LogP contribution < -0.4 is 5.73 Å². The molecule has 0 amide bonds. The average molecular weight is 230 g/mol. The number of hydrogen-bond acceptors (Lipinski definition) is 2. The van der Waals surface area contributed by atoms with Crippen molar-refractivity contribution >= 4 is 10.9 Å². The number of halogens is 3. The van der Waals surface area contributed by atoms with Gasteiger partial charge >= 0.3 is 6.18 Å². The molecule has 1 atom stereocenters. The van der Waals surface area contributed by atoms with Crippen LogP contribution in [0.2, 0.25) is 0 Å². The molecule has 3 nitrogen and oxygen atoms in total. The van der Waals surface area contributed by atoms with Crippen LogP contribution in [0.15, 0.2) is 24.4 Å². The van der Waals surface area contributed by atoms with Crippen LogP contribution in [0.1, 0.15) is 11.6 Å². The Morgan fingerprint density at radius 1 is 1.31 bits per heavy atom. The fourth-order valence-electron chi connectivity index (χ4n) is 1.53. The second-order valence-corrected chi connectivity index (χ2v) is 3.50. The van der Waals surface area contributed by atoms with Gasteiger partial charge in [0.05, 0.1) is 0 Å². The molecular weight excluding hydrogens is 221 g/mol. The molecular formula is C10H9F3N2O. The van der Waals surface area contributed by atoms with Crippen LogP contribution in [0, 0.1) is 0 Å². The fraction of sp³-hybridized carbons (Fsp3) is 0.200. The predicted octanol–water partition coefficient (Wildman–Crippen LogP) is 2.44. The van der Waals surface area contributed by atoms with E-state index in [9.17, 15) is 18.3 Å². The molecule has 0 radical (unpaired) electrons. The van der Waals surface area contributed by atoms with Crippen LogP contribution >= 0.6 is 0 Å². The topological polar surface area (TPSA) is 62.0 Å². The first-order chi connectivity index (χ1) is 7.39. The third-order valence-corrected chi connectivity index (χ3v) is 2.39. The van der Waals surface area contributed by atoms with E-state index in [2.05, 4.69) is 4.98 Å². The second-order valence-electron chi connectivity index (χ2n) is 3.50. The van der Waals surface area contributed by atoms with Crippen molar-refractivity contribution in [2.75, 3.05) is 0 Å². The molecule has 0 fully saturated rings. The smallest absolute Gasteiger partial charge is 0.407 e. The minimum atomic E-state index is -4.57. The lowest BCUT2D eigenvalue weighted by molar-refractivity contribution is -0.149. The standard InChI is InChI=1S/C10H9F3N2O/c11-10(12,13)9(14)6-4-7-5(1-2-15-7)3-8(6)16/h1-4,9,15-16H,14H2/t9-/m0/s1. The molecule has 2 aromatic rings. The quantitative estimate of drug-likeness (QED) is 0.704. The Bertz CT molecular complexity index is 518.